The maximum atomic E-state index is 12.3. The van der Waals surface area contributed by atoms with Crippen molar-refractivity contribution in [1.29, 1.82) is 0 Å². The number of morpholine rings is 1. The Morgan fingerprint density at radius 3 is 2.57 bits per heavy atom. The normalized spacial score (nSPS) is 14.1. The summed E-state index contributed by atoms with van der Waals surface area (Å²) in [7, 11) is 0. The molecule has 144 valence electrons. The van der Waals surface area contributed by atoms with Gasteiger partial charge in [0.05, 0.1) is 18.7 Å². The lowest BCUT2D eigenvalue weighted by Crippen LogP contribution is -2.36. The van der Waals surface area contributed by atoms with E-state index in [1.54, 1.807) is 0 Å². The van der Waals surface area contributed by atoms with Gasteiger partial charge in [-0.05, 0) is 55.0 Å². The van der Waals surface area contributed by atoms with Gasteiger partial charge in [0, 0.05) is 34.3 Å². The molecule has 1 aliphatic heterocycles. The van der Waals surface area contributed by atoms with Crippen molar-refractivity contribution in [3.63, 3.8) is 0 Å². The van der Waals surface area contributed by atoms with Crippen molar-refractivity contribution in [2.45, 2.75) is 6.92 Å². The van der Waals surface area contributed by atoms with E-state index < -0.39 is 0 Å². The summed E-state index contributed by atoms with van der Waals surface area (Å²) in [4.78, 5) is 19.3. The summed E-state index contributed by atoms with van der Waals surface area (Å²) in [6.07, 6.45) is 0. The molecule has 2 aromatic carbocycles. The number of hydrogen-bond acceptors (Lipinski definition) is 4. The number of halogens is 1. The van der Waals surface area contributed by atoms with E-state index in [4.69, 9.17) is 9.72 Å². The summed E-state index contributed by atoms with van der Waals surface area (Å²) in [6.45, 7) is 5.24. The molecule has 6 nitrogen and oxygen atoms in total. The first-order chi connectivity index (χ1) is 13.6. The second kappa shape index (κ2) is 8.16. The molecule has 1 fully saturated rings. The number of ether oxygens (including phenoxy) is 1. The quantitative estimate of drug-likeness (QED) is 0.614. The minimum Gasteiger partial charge on any atom is -0.378 e. The SMILES string of the molecule is Cc1cc(N2CCOCC2)nc2ccc(NC(=O)Nc3cccc(Br)c3)cc12. The van der Waals surface area contributed by atoms with E-state index in [0.29, 0.717) is 0 Å². The molecule has 1 saturated heterocycles. The largest absolute Gasteiger partial charge is 0.378 e. The molecule has 0 aliphatic carbocycles. The van der Waals surface area contributed by atoms with Crippen LogP contribution in [0.3, 0.4) is 0 Å². The Kier molecular flexibility index (Phi) is 5.45. The van der Waals surface area contributed by atoms with Gasteiger partial charge < -0.3 is 20.3 Å². The summed E-state index contributed by atoms with van der Waals surface area (Å²) in [5.41, 5.74) is 3.49. The predicted octanol–water partition coefficient (Wildman–Crippen LogP) is 4.79. The summed E-state index contributed by atoms with van der Waals surface area (Å²) in [5.74, 6) is 0.974. The molecule has 0 spiro atoms. The second-order valence-corrected chi connectivity index (χ2v) is 7.63. The molecular weight excluding hydrogens is 420 g/mol. The molecule has 2 N–H and O–H groups in total. The zero-order chi connectivity index (χ0) is 19.5. The highest BCUT2D eigenvalue weighted by Crippen LogP contribution is 2.26. The van der Waals surface area contributed by atoms with Gasteiger partial charge in [-0.25, -0.2) is 9.78 Å². The standard InChI is InChI=1S/C21H21BrN4O2/c1-14-11-20(26-7-9-28-10-8-26)25-19-6-5-17(13-18(14)19)24-21(27)23-16-4-2-3-15(22)12-16/h2-6,11-13H,7-10H2,1H3,(H2,23,24,27). The Morgan fingerprint density at radius 2 is 1.82 bits per heavy atom. The summed E-state index contributed by atoms with van der Waals surface area (Å²) in [6, 6.07) is 15.1. The van der Waals surface area contributed by atoms with Gasteiger partial charge >= 0.3 is 6.03 Å². The average Bonchev–Trinajstić information content (AvgIpc) is 2.69. The zero-order valence-corrected chi connectivity index (χ0v) is 17.1. The molecule has 2 heterocycles. The first kappa shape index (κ1) is 18.7. The molecule has 0 bridgehead atoms. The van der Waals surface area contributed by atoms with Crippen molar-refractivity contribution in [2.75, 3.05) is 41.8 Å². The maximum Gasteiger partial charge on any atom is 0.323 e. The van der Waals surface area contributed by atoms with Gasteiger partial charge in [0.25, 0.3) is 0 Å². The van der Waals surface area contributed by atoms with Crippen LogP contribution >= 0.6 is 15.9 Å². The number of carbonyl (C=O) groups is 1. The Balaban J connectivity index is 1.52. The number of aryl methyl sites for hydroxylation is 1. The van der Waals surface area contributed by atoms with Crippen LogP contribution in [0.15, 0.2) is 53.0 Å². The minimum atomic E-state index is -0.284. The van der Waals surface area contributed by atoms with E-state index in [0.717, 1.165) is 64.4 Å². The van der Waals surface area contributed by atoms with Crippen LogP contribution in [0.4, 0.5) is 22.0 Å². The fourth-order valence-electron chi connectivity index (χ4n) is 3.27. The van der Waals surface area contributed by atoms with Crippen LogP contribution in [0.2, 0.25) is 0 Å². The van der Waals surface area contributed by atoms with E-state index in [2.05, 4.69) is 44.5 Å². The third kappa shape index (κ3) is 4.26. The monoisotopic (exact) mass is 440 g/mol. The summed E-state index contributed by atoms with van der Waals surface area (Å²) >= 11 is 3.40. The van der Waals surface area contributed by atoms with Gasteiger partial charge in [0.2, 0.25) is 0 Å². The molecule has 1 aromatic heterocycles. The van der Waals surface area contributed by atoms with Crippen LogP contribution in [0.1, 0.15) is 5.56 Å². The number of nitrogens with zero attached hydrogens (tertiary/aromatic N) is 2. The third-order valence-corrected chi connectivity index (χ3v) is 5.17. The molecule has 1 aliphatic rings. The van der Waals surface area contributed by atoms with E-state index in [1.807, 2.05) is 42.5 Å². The number of aromatic nitrogens is 1. The molecule has 7 heteroatoms. The molecule has 3 aromatic rings. The van der Waals surface area contributed by atoms with Crippen LogP contribution in [0.5, 0.6) is 0 Å². The number of pyridine rings is 1. The molecular formula is C21H21BrN4O2. The van der Waals surface area contributed by atoms with E-state index in [9.17, 15) is 4.79 Å². The smallest absolute Gasteiger partial charge is 0.323 e. The van der Waals surface area contributed by atoms with Crippen LogP contribution < -0.4 is 15.5 Å². The number of benzene rings is 2. The Hall–Kier alpha value is -2.64. The van der Waals surface area contributed by atoms with Gasteiger partial charge in [-0.15, -0.1) is 0 Å². The maximum absolute atomic E-state index is 12.3. The Bertz CT molecular complexity index is 1020. The van der Waals surface area contributed by atoms with Gasteiger partial charge in [-0.2, -0.15) is 0 Å². The number of hydrogen-bond donors (Lipinski definition) is 2. The number of anilines is 3. The number of fused-ring (bicyclic) bond motifs is 1. The van der Waals surface area contributed by atoms with E-state index in [1.165, 1.54) is 0 Å². The number of nitrogens with one attached hydrogen (secondary N) is 2. The summed E-state index contributed by atoms with van der Waals surface area (Å²) < 4.78 is 6.33. The molecule has 28 heavy (non-hydrogen) atoms. The van der Waals surface area contributed by atoms with Crippen LogP contribution in [-0.4, -0.2) is 37.3 Å². The van der Waals surface area contributed by atoms with Gasteiger partial charge in [0.15, 0.2) is 0 Å². The topological polar surface area (TPSA) is 66.5 Å². The lowest BCUT2D eigenvalue weighted by Gasteiger charge is -2.28. The van der Waals surface area contributed by atoms with Crippen molar-refractivity contribution in [3.8, 4) is 0 Å². The van der Waals surface area contributed by atoms with Gasteiger partial charge in [-0.1, -0.05) is 22.0 Å². The molecule has 0 atom stereocenters. The zero-order valence-electron chi connectivity index (χ0n) is 15.5. The fourth-order valence-corrected chi connectivity index (χ4v) is 3.67. The van der Waals surface area contributed by atoms with Crippen molar-refractivity contribution in [2.24, 2.45) is 0 Å². The van der Waals surface area contributed by atoms with Crippen molar-refractivity contribution in [1.82, 2.24) is 4.98 Å². The van der Waals surface area contributed by atoms with Crippen LogP contribution in [0, 0.1) is 6.92 Å². The highest BCUT2D eigenvalue weighted by Gasteiger charge is 2.14. The Labute approximate surface area is 172 Å². The van der Waals surface area contributed by atoms with Gasteiger partial charge in [-0.3, -0.25) is 0 Å². The number of carbonyl (C=O) groups excluding carboxylic acids is 1. The number of rotatable bonds is 3. The molecule has 0 unspecified atom stereocenters. The van der Waals surface area contributed by atoms with E-state index in [-0.39, 0.29) is 6.03 Å². The molecule has 0 saturated carbocycles. The molecule has 4 rings (SSSR count). The van der Waals surface area contributed by atoms with Crippen molar-refractivity contribution < 1.29 is 9.53 Å². The Morgan fingerprint density at radius 1 is 1.07 bits per heavy atom. The highest BCUT2D eigenvalue weighted by atomic mass is 79.9. The highest BCUT2D eigenvalue weighted by molar-refractivity contribution is 9.10. The minimum absolute atomic E-state index is 0.284. The first-order valence-electron chi connectivity index (χ1n) is 9.16. The molecule has 0 radical (unpaired) electrons. The summed E-state index contributed by atoms with van der Waals surface area (Å²) in [5, 5.41) is 6.74. The predicted molar refractivity (Wildman–Crippen MR) is 116 cm³/mol. The van der Waals surface area contributed by atoms with Crippen LogP contribution in [0.25, 0.3) is 10.9 Å². The fraction of sp³-hybridized carbons (Fsp3) is 0.238. The third-order valence-electron chi connectivity index (χ3n) is 4.68. The van der Waals surface area contributed by atoms with Crippen molar-refractivity contribution >= 4 is 50.1 Å². The number of amides is 2. The molecule has 2 amide bonds. The first-order valence-corrected chi connectivity index (χ1v) is 9.95. The van der Waals surface area contributed by atoms with Crippen LogP contribution in [-0.2, 0) is 4.74 Å². The lowest BCUT2D eigenvalue weighted by molar-refractivity contribution is 0.122. The van der Waals surface area contributed by atoms with Gasteiger partial charge in [0.1, 0.15) is 5.82 Å². The second-order valence-electron chi connectivity index (χ2n) is 6.72. The number of urea groups is 1. The van der Waals surface area contributed by atoms with Crippen molar-refractivity contribution in [3.05, 3.63) is 58.6 Å². The average molecular weight is 441 g/mol. The lowest BCUT2D eigenvalue weighted by atomic mass is 10.1. The van der Waals surface area contributed by atoms with E-state index >= 15 is 0 Å².